The number of aromatic nitrogens is 1. The van der Waals surface area contributed by atoms with E-state index in [1.54, 1.807) is 12.3 Å². The molecule has 0 aliphatic rings. The lowest BCUT2D eigenvalue weighted by molar-refractivity contribution is 0.486. The van der Waals surface area contributed by atoms with Crippen molar-refractivity contribution < 1.29 is 8.42 Å². The Bertz CT molecular complexity index is 330. The fourth-order valence-corrected chi connectivity index (χ4v) is 2.84. The Morgan fingerprint density at radius 1 is 1.67 bits per heavy atom. The van der Waals surface area contributed by atoms with E-state index in [-0.39, 0.29) is 4.34 Å². The number of thiazole rings is 1. The monoisotopic (exact) mass is 206 g/mol. The highest BCUT2D eigenvalue weighted by Gasteiger charge is 2.21. The van der Waals surface area contributed by atoms with Crippen molar-refractivity contribution in [3.8, 4) is 0 Å². The van der Waals surface area contributed by atoms with E-state index in [1.807, 2.05) is 0 Å². The summed E-state index contributed by atoms with van der Waals surface area (Å²) in [6.07, 6.45) is 1.49. The Morgan fingerprint density at radius 2 is 2.33 bits per heavy atom. The van der Waals surface area contributed by atoms with Crippen molar-refractivity contribution >= 4 is 21.4 Å². The third-order valence-corrected chi connectivity index (χ3v) is 4.60. The number of hydrogen-bond donors (Lipinski definition) is 0. The van der Waals surface area contributed by atoms with E-state index in [9.17, 15) is 8.42 Å². The molecule has 1 aromatic rings. The van der Waals surface area contributed by atoms with Crippen molar-refractivity contribution in [2.24, 2.45) is 0 Å². The molecule has 1 rings (SSSR count). The minimum absolute atomic E-state index is 0.159. The first-order valence-electron chi connectivity index (χ1n) is 3.45. The van der Waals surface area contributed by atoms with Gasteiger partial charge in [0.2, 0.25) is 4.34 Å². The maximum atomic E-state index is 11.5. The van der Waals surface area contributed by atoms with E-state index in [0.717, 1.165) is 11.3 Å². The first-order chi connectivity index (χ1) is 5.59. The van der Waals surface area contributed by atoms with Crippen LogP contribution in [0.3, 0.4) is 0 Å². The van der Waals surface area contributed by atoms with Crippen molar-refractivity contribution in [3.63, 3.8) is 0 Å². The topological polar surface area (TPSA) is 50.3 Å². The summed E-state index contributed by atoms with van der Waals surface area (Å²) in [6, 6.07) is 0. The van der Waals surface area contributed by atoms with Gasteiger partial charge in [-0.3, -0.25) is 0 Å². The highest BCUT2D eigenvalue weighted by Crippen LogP contribution is 2.15. The molecule has 0 atom stereocenters. The van der Waals surface area contributed by atoms with E-state index in [0.29, 0.717) is 6.54 Å². The molecule has 6 heteroatoms. The molecule has 4 nitrogen and oxygen atoms in total. The summed E-state index contributed by atoms with van der Waals surface area (Å²) < 4.78 is 24.4. The molecule has 0 saturated carbocycles. The van der Waals surface area contributed by atoms with Gasteiger partial charge in [0, 0.05) is 25.2 Å². The zero-order valence-corrected chi connectivity index (χ0v) is 8.52. The SMILES string of the molecule is CCN(C)S(=O)(=O)c1nccs1. The fourth-order valence-electron chi connectivity index (χ4n) is 0.641. The molecule has 0 fully saturated rings. The van der Waals surface area contributed by atoms with Gasteiger partial charge in [-0.05, 0) is 0 Å². The van der Waals surface area contributed by atoms with Crippen LogP contribution in [0.25, 0.3) is 0 Å². The zero-order valence-electron chi connectivity index (χ0n) is 6.89. The van der Waals surface area contributed by atoms with E-state index in [4.69, 9.17) is 0 Å². The summed E-state index contributed by atoms with van der Waals surface area (Å²) in [4.78, 5) is 3.75. The number of nitrogens with zero attached hydrogens (tertiary/aromatic N) is 2. The van der Waals surface area contributed by atoms with Crippen molar-refractivity contribution in [1.82, 2.24) is 9.29 Å². The molecular weight excluding hydrogens is 196 g/mol. The standard InChI is InChI=1S/C6H10N2O2S2/c1-3-8(2)12(9,10)6-7-4-5-11-6/h4-5H,3H2,1-2H3. The van der Waals surface area contributed by atoms with Crippen molar-refractivity contribution in [2.45, 2.75) is 11.3 Å². The maximum Gasteiger partial charge on any atom is 0.270 e. The molecular formula is C6H10N2O2S2. The molecule has 68 valence electrons. The largest absolute Gasteiger partial charge is 0.270 e. The van der Waals surface area contributed by atoms with Crippen LogP contribution in [0.15, 0.2) is 15.9 Å². The predicted molar refractivity (Wildman–Crippen MR) is 47.6 cm³/mol. The molecule has 1 aromatic heterocycles. The van der Waals surface area contributed by atoms with Crippen LogP contribution < -0.4 is 0 Å². The van der Waals surface area contributed by atoms with Gasteiger partial charge in [-0.25, -0.2) is 13.4 Å². The van der Waals surface area contributed by atoms with Gasteiger partial charge in [0.1, 0.15) is 0 Å². The van der Waals surface area contributed by atoms with Gasteiger partial charge >= 0.3 is 0 Å². The Hall–Kier alpha value is -0.460. The second-order valence-electron chi connectivity index (χ2n) is 2.22. The molecule has 1 heterocycles. The van der Waals surface area contributed by atoms with E-state index >= 15 is 0 Å². The van der Waals surface area contributed by atoms with Crippen LogP contribution in [0, 0.1) is 0 Å². The van der Waals surface area contributed by atoms with Crippen LogP contribution in [0.4, 0.5) is 0 Å². The highest BCUT2D eigenvalue weighted by molar-refractivity contribution is 7.91. The van der Waals surface area contributed by atoms with Gasteiger partial charge in [-0.15, -0.1) is 11.3 Å². The van der Waals surface area contributed by atoms with Crippen LogP contribution >= 0.6 is 11.3 Å². The van der Waals surface area contributed by atoms with Gasteiger partial charge in [0.05, 0.1) is 0 Å². The molecule has 0 bridgehead atoms. The molecule has 0 amide bonds. The average Bonchev–Trinajstić information content (AvgIpc) is 2.55. The Kier molecular flexibility index (Phi) is 2.81. The lowest BCUT2D eigenvalue weighted by Crippen LogP contribution is -2.26. The minimum Gasteiger partial charge on any atom is -0.233 e. The third kappa shape index (κ3) is 1.65. The predicted octanol–water partition coefficient (Wildman–Crippen LogP) is 0.783. The lowest BCUT2D eigenvalue weighted by Gasteiger charge is -2.11. The number of rotatable bonds is 3. The highest BCUT2D eigenvalue weighted by atomic mass is 32.2. The molecule has 0 unspecified atom stereocenters. The van der Waals surface area contributed by atoms with Gasteiger partial charge in [0.15, 0.2) is 0 Å². The molecule has 0 aromatic carbocycles. The summed E-state index contributed by atoms with van der Waals surface area (Å²) in [6.45, 7) is 2.24. The second kappa shape index (κ2) is 3.51. The molecule has 0 radical (unpaired) electrons. The summed E-state index contributed by atoms with van der Waals surface area (Å²) in [5.41, 5.74) is 0. The zero-order chi connectivity index (χ0) is 9.19. The van der Waals surface area contributed by atoms with Gasteiger partial charge < -0.3 is 0 Å². The van der Waals surface area contributed by atoms with E-state index in [2.05, 4.69) is 4.98 Å². The van der Waals surface area contributed by atoms with E-state index in [1.165, 1.54) is 17.5 Å². The fraction of sp³-hybridized carbons (Fsp3) is 0.500. The molecule has 0 N–H and O–H groups in total. The first kappa shape index (κ1) is 9.63. The number of sulfonamides is 1. The Morgan fingerprint density at radius 3 is 2.75 bits per heavy atom. The summed E-state index contributed by atoms with van der Waals surface area (Å²) in [5.74, 6) is 0. The first-order valence-corrected chi connectivity index (χ1v) is 5.77. The third-order valence-electron chi connectivity index (χ3n) is 1.49. The normalized spacial score (nSPS) is 12.2. The molecule has 12 heavy (non-hydrogen) atoms. The molecule has 0 saturated heterocycles. The quantitative estimate of drug-likeness (QED) is 0.734. The van der Waals surface area contributed by atoms with Crippen molar-refractivity contribution in [2.75, 3.05) is 13.6 Å². The second-order valence-corrected chi connectivity index (χ2v) is 5.33. The van der Waals surface area contributed by atoms with Crippen LogP contribution in [0.5, 0.6) is 0 Å². The van der Waals surface area contributed by atoms with Crippen molar-refractivity contribution in [3.05, 3.63) is 11.6 Å². The van der Waals surface area contributed by atoms with Crippen LogP contribution in [-0.4, -0.2) is 31.3 Å². The van der Waals surface area contributed by atoms with E-state index < -0.39 is 10.0 Å². The van der Waals surface area contributed by atoms with Gasteiger partial charge in [-0.2, -0.15) is 4.31 Å². The summed E-state index contributed by atoms with van der Waals surface area (Å²) >= 11 is 1.13. The lowest BCUT2D eigenvalue weighted by atomic mass is 10.8. The van der Waals surface area contributed by atoms with Crippen LogP contribution in [-0.2, 0) is 10.0 Å². The summed E-state index contributed by atoms with van der Waals surface area (Å²) in [5, 5.41) is 1.65. The molecule has 0 aliphatic carbocycles. The Labute approximate surface area is 75.9 Å². The van der Waals surface area contributed by atoms with Crippen molar-refractivity contribution in [1.29, 1.82) is 0 Å². The average molecular weight is 206 g/mol. The van der Waals surface area contributed by atoms with Crippen LogP contribution in [0.1, 0.15) is 6.92 Å². The summed E-state index contributed by atoms with van der Waals surface area (Å²) in [7, 11) is -1.77. The Balaban J connectivity index is 3.03. The molecule has 0 spiro atoms. The van der Waals surface area contributed by atoms with Crippen LogP contribution in [0.2, 0.25) is 0 Å². The van der Waals surface area contributed by atoms with Gasteiger partial charge in [-0.1, -0.05) is 6.92 Å². The molecule has 0 aliphatic heterocycles. The minimum atomic E-state index is -3.30. The number of hydrogen-bond acceptors (Lipinski definition) is 4. The van der Waals surface area contributed by atoms with Gasteiger partial charge in [0.25, 0.3) is 10.0 Å². The maximum absolute atomic E-state index is 11.5. The smallest absolute Gasteiger partial charge is 0.233 e.